The Balaban J connectivity index is 2.17. The van der Waals surface area contributed by atoms with Gasteiger partial charge in [0.25, 0.3) is 0 Å². The molecule has 0 heterocycles. The maximum absolute atomic E-state index is 13.2. The second kappa shape index (κ2) is 9.60. The number of hydrogen-bond acceptors (Lipinski definition) is 6. The van der Waals surface area contributed by atoms with Gasteiger partial charge in [0.05, 0.1) is 11.5 Å². The SMILES string of the molecule is CC(C)(C)OC(=O)N[C@@H](C#N)C1(C(=O)N[C@@H](Cc2ccccc2)C(=O)OC(C)(C)C)CC1. The molecule has 2 rings (SSSR count). The fraction of sp³-hybridized carbons (Fsp3) is 0.583. The summed E-state index contributed by atoms with van der Waals surface area (Å²) < 4.78 is 10.7. The van der Waals surface area contributed by atoms with Gasteiger partial charge in [-0.25, -0.2) is 9.59 Å². The van der Waals surface area contributed by atoms with Crippen molar-refractivity contribution in [2.45, 2.75) is 84.1 Å². The lowest BCUT2D eigenvalue weighted by atomic mass is 9.95. The van der Waals surface area contributed by atoms with E-state index in [2.05, 4.69) is 10.6 Å². The van der Waals surface area contributed by atoms with Gasteiger partial charge in [-0.15, -0.1) is 0 Å². The maximum atomic E-state index is 13.2. The van der Waals surface area contributed by atoms with E-state index in [0.717, 1.165) is 5.56 Å². The molecule has 2 amide bonds. The van der Waals surface area contributed by atoms with Crippen LogP contribution < -0.4 is 10.6 Å². The van der Waals surface area contributed by atoms with Crippen molar-refractivity contribution >= 4 is 18.0 Å². The summed E-state index contributed by atoms with van der Waals surface area (Å²) in [6.07, 6.45) is 0.309. The minimum absolute atomic E-state index is 0.244. The number of benzene rings is 1. The molecule has 0 unspecified atom stereocenters. The summed E-state index contributed by atoms with van der Waals surface area (Å²) in [6, 6.07) is 9.28. The van der Waals surface area contributed by atoms with Gasteiger partial charge in [-0.1, -0.05) is 30.3 Å². The van der Waals surface area contributed by atoms with Crippen LogP contribution in [0.5, 0.6) is 0 Å². The van der Waals surface area contributed by atoms with Crippen molar-refractivity contribution in [3.8, 4) is 6.07 Å². The van der Waals surface area contributed by atoms with E-state index < -0.39 is 46.7 Å². The topological polar surface area (TPSA) is 118 Å². The second-order valence-corrected chi connectivity index (χ2v) is 10.1. The number of carbonyl (C=O) groups excluding carboxylic acids is 3. The molecule has 8 nitrogen and oxygen atoms in total. The number of esters is 1. The zero-order chi connectivity index (χ0) is 24.2. The van der Waals surface area contributed by atoms with Crippen molar-refractivity contribution in [3.63, 3.8) is 0 Å². The number of hydrogen-bond donors (Lipinski definition) is 2. The summed E-state index contributed by atoms with van der Waals surface area (Å²) in [5.41, 5.74) is -1.71. The molecule has 32 heavy (non-hydrogen) atoms. The molecular formula is C24H33N3O5. The van der Waals surface area contributed by atoms with E-state index in [1.807, 2.05) is 36.4 Å². The Morgan fingerprint density at radius 3 is 2.03 bits per heavy atom. The van der Waals surface area contributed by atoms with E-state index in [1.54, 1.807) is 41.5 Å². The Morgan fingerprint density at radius 2 is 1.56 bits per heavy atom. The molecule has 1 saturated carbocycles. The van der Waals surface area contributed by atoms with Gasteiger partial charge in [0.1, 0.15) is 23.3 Å². The van der Waals surface area contributed by atoms with E-state index in [4.69, 9.17) is 9.47 Å². The molecule has 0 aromatic heterocycles. The van der Waals surface area contributed by atoms with Gasteiger partial charge >= 0.3 is 12.1 Å². The fourth-order valence-electron chi connectivity index (χ4n) is 3.22. The molecule has 2 N–H and O–H groups in total. The summed E-state index contributed by atoms with van der Waals surface area (Å²) in [5.74, 6) is -1.02. The van der Waals surface area contributed by atoms with Gasteiger partial charge in [-0.2, -0.15) is 5.26 Å². The average molecular weight is 444 g/mol. The fourth-order valence-corrected chi connectivity index (χ4v) is 3.22. The molecule has 2 atom stereocenters. The molecule has 0 bridgehead atoms. The number of amides is 2. The maximum Gasteiger partial charge on any atom is 0.408 e. The minimum atomic E-state index is -1.11. The molecule has 1 fully saturated rings. The number of carbonyl (C=O) groups is 3. The first-order valence-electron chi connectivity index (χ1n) is 10.7. The predicted molar refractivity (Wildman–Crippen MR) is 118 cm³/mol. The van der Waals surface area contributed by atoms with E-state index in [9.17, 15) is 19.6 Å². The number of nitriles is 1. The first kappa shape index (κ1) is 25.2. The van der Waals surface area contributed by atoms with Crippen LogP contribution in [0.25, 0.3) is 0 Å². The largest absolute Gasteiger partial charge is 0.458 e. The van der Waals surface area contributed by atoms with Crippen molar-refractivity contribution in [1.29, 1.82) is 5.26 Å². The van der Waals surface area contributed by atoms with E-state index >= 15 is 0 Å². The molecule has 0 radical (unpaired) electrons. The Morgan fingerprint density at radius 1 is 1.00 bits per heavy atom. The van der Waals surface area contributed by atoms with Gasteiger partial charge in [0.15, 0.2) is 0 Å². The Kier molecular flexibility index (Phi) is 7.55. The van der Waals surface area contributed by atoms with E-state index in [-0.39, 0.29) is 6.42 Å². The summed E-state index contributed by atoms with van der Waals surface area (Å²) in [6.45, 7) is 10.4. The highest BCUT2D eigenvalue weighted by atomic mass is 16.6. The molecule has 0 saturated heterocycles. The molecule has 1 aliphatic rings. The van der Waals surface area contributed by atoms with Crippen molar-refractivity contribution in [3.05, 3.63) is 35.9 Å². The van der Waals surface area contributed by atoms with Crippen molar-refractivity contribution < 1.29 is 23.9 Å². The minimum Gasteiger partial charge on any atom is -0.458 e. The van der Waals surface area contributed by atoms with Crippen molar-refractivity contribution in [2.24, 2.45) is 5.41 Å². The zero-order valence-electron chi connectivity index (χ0n) is 19.7. The normalized spacial score (nSPS) is 16.7. The first-order valence-corrected chi connectivity index (χ1v) is 10.7. The highest BCUT2D eigenvalue weighted by Crippen LogP contribution is 2.49. The van der Waals surface area contributed by atoms with Gasteiger partial charge in [0, 0.05) is 6.42 Å². The molecule has 8 heteroatoms. The van der Waals surface area contributed by atoms with Crippen molar-refractivity contribution in [1.82, 2.24) is 10.6 Å². The highest BCUT2D eigenvalue weighted by molar-refractivity contribution is 5.91. The van der Waals surface area contributed by atoms with Crippen LogP contribution in [0.4, 0.5) is 4.79 Å². The van der Waals surface area contributed by atoms with Crippen molar-refractivity contribution in [2.75, 3.05) is 0 Å². The smallest absolute Gasteiger partial charge is 0.408 e. The lowest BCUT2D eigenvalue weighted by Crippen LogP contribution is -2.53. The van der Waals surface area contributed by atoms with Gasteiger partial charge in [-0.05, 0) is 59.9 Å². The van der Waals surface area contributed by atoms with Crippen LogP contribution in [-0.2, 0) is 25.5 Å². The molecule has 1 aliphatic carbocycles. The Bertz CT molecular complexity index is 874. The van der Waals surface area contributed by atoms with E-state index in [1.165, 1.54) is 0 Å². The number of nitrogens with one attached hydrogen (secondary N) is 2. The number of alkyl carbamates (subject to hydrolysis) is 1. The van der Waals surface area contributed by atoms with Crippen LogP contribution in [0.15, 0.2) is 30.3 Å². The molecule has 174 valence electrons. The number of rotatable bonds is 7. The second-order valence-electron chi connectivity index (χ2n) is 10.1. The van der Waals surface area contributed by atoms with Gasteiger partial charge in [0.2, 0.25) is 5.91 Å². The van der Waals surface area contributed by atoms with Crippen LogP contribution in [0, 0.1) is 16.7 Å². The molecule has 1 aromatic carbocycles. The van der Waals surface area contributed by atoms with Crippen LogP contribution in [0.3, 0.4) is 0 Å². The third-order valence-electron chi connectivity index (χ3n) is 4.86. The van der Waals surface area contributed by atoms with Crippen LogP contribution >= 0.6 is 0 Å². The lowest BCUT2D eigenvalue weighted by molar-refractivity contribution is -0.159. The Labute approximate surface area is 189 Å². The van der Waals surface area contributed by atoms with Crippen LogP contribution in [-0.4, -0.2) is 41.3 Å². The van der Waals surface area contributed by atoms with Crippen LogP contribution in [0.1, 0.15) is 59.9 Å². The third kappa shape index (κ3) is 7.26. The standard InChI is InChI=1S/C24H33N3O5/c1-22(2,3)31-19(28)17(14-16-10-8-7-9-11-16)26-20(29)24(12-13-24)18(15-25)27-21(30)32-23(4,5)6/h7-11,17-18H,12-14H2,1-6H3,(H,26,29)(H,27,30)/t17-,18-/m0/s1. The summed E-state index contributed by atoms with van der Waals surface area (Å²) in [7, 11) is 0. The summed E-state index contributed by atoms with van der Waals surface area (Å²) in [4.78, 5) is 38.2. The number of ether oxygens (including phenoxy) is 2. The first-order chi connectivity index (χ1) is 14.8. The number of nitrogens with zero attached hydrogens (tertiary/aromatic N) is 1. The Hall–Kier alpha value is -3.08. The highest BCUT2D eigenvalue weighted by Gasteiger charge is 2.57. The monoisotopic (exact) mass is 443 g/mol. The summed E-state index contributed by atoms with van der Waals surface area (Å²) >= 11 is 0. The van der Waals surface area contributed by atoms with Gasteiger partial charge in [-0.3, -0.25) is 4.79 Å². The molecule has 1 aromatic rings. The quantitative estimate of drug-likeness (QED) is 0.625. The molecular weight excluding hydrogens is 410 g/mol. The predicted octanol–water partition coefficient (Wildman–Crippen LogP) is 3.25. The molecule has 0 spiro atoms. The zero-order valence-corrected chi connectivity index (χ0v) is 19.7. The summed E-state index contributed by atoms with van der Waals surface area (Å²) in [5, 5.41) is 14.9. The lowest BCUT2D eigenvalue weighted by Gasteiger charge is -2.28. The van der Waals surface area contributed by atoms with Gasteiger partial charge < -0.3 is 20.1 Å². The van der Waals surface area contributed by atoms with Crippen LogP contribution in [0.2, 0.25) is 0 Å². The van der Waals surface area contributed by atoms with E-state index in [0.29, 0.717) is 12.8 Å². The molecule has 0 aliphatic heterocycles. The third-order valence-corrected chi connectivity index (χ3v) is 4.86. The average Bonchev–Trinajstić information content (AvgIpc) is 3.45.